The molecule has 4 aromatic rings. The molecule has 4 aliphatic heterocycles. The summed E-state index contributed by atoms with van der Waals surface area (Å²) >= 11 is 0. The Labute approximate surface area is 266 Å². The van der Waals surface area contributed by atoms with Gasteiger partial charge in [0.25, 0.3) is 0 Å². The molecule has 4 aliphatic rings. The van der Waals surface area contributed by atoms with Gasteiger partial charge in [-0.3, -0.25) is 0 Å². The van der Waals surface area contributed by atoms with E-state index in [1.54, 1.807) is 0 Å². The number of fused-ring (bicyclic) bond motifs is 9. The summed E-state index contributed by atoms with van der Waals surface area (Å²) in [6.07, 6.45) is 0. The van der Waals surface area contributed by atoms with E-state index in [1.165, 1.54) is 133 Å². The molecule has 0 fully saturated rings. The molecule has 4 heterocycles. The van der Waals surface area contributed by atoms with Crippen LogP contribution in [-0.4, -0.2) is 14.6 Å². The van der Waals surface area contributed by atoms with Gasteiger partial charge >= 0.3 is 0 Å². The van der Waals surface area contributed by atoms with Gasteiger partial charge in [-0.15, -0.1) is 0 Å². The summed E-state index contributed by atoms with van der Waals surface area (Å²) in [7, 11) is 4.90. The van der Waals surface area contributed by atoms with Crippen molar-refractivity contribution >= 4 is 36.4 Å². The SMILES string of the molecule is Cc1c(C)c(C)c2c(c1C)[B]c1c(C)c3c(c(C)c1-2)CNC3.Cc1c(C)c(C)c2c(c1C)[B]c1c3c(c(C)c(C)c1-2)CNC3. The minimum absolute atomic E-state index is 1.01. The van der Waals surface area contributed by atoms with Crippen molar-refractivity contribution in [2.24, 2.45) is 0 Å². The van der Waals surface area contributed by atoms with Gasteiger partial charge in [0, 0.05) is 26.2 Å². The van der Waals surface area contributed by atoms with Crippen LogP contribution in [0.4, 0.5) is 0 Å². The van der Waals surface area contributed by atoms with E-state index < -0.39 is 0 Å². The highest BCUT2D eigenvalue weighted by atomic mass is 14.9. The number of nitrogens with one attached hydrogen (secondary N) is 2. The summed E-state index contributed by atoms with van der Waals surface area (Å²) < 4.78 is 0. The quantitative estimate of drug-likeness (QED) is 0.232. The molecule has 2 nitrogen and oxygen atoms in total. The molecule has 2 radical (unpaired) electrons. The highest BCUT2D eigenvalue weighted by Crippen LogP contribution is 2.38. The zero-order valence-electron chi connectivity index (χ0n) is 29.0. The average molecular weight is 576 g/mol. The Bertz CT molecular complexity index is 1960. The van der Waals surface area contributed by atoms with E-state index in [0.717, 1.165) is 26.2 Å². The van der Waals surface area contributed by atoms with Crippen LogP contribution in [0.1, 0.15) is 89.0 Å². The highest BCUT2D eigenvalue weighted by molar-refractivity contribution is 6.75. The summed E-state index contributed by atoms with van der Waals surface area (Å²) in [6.45, 7) is 31.5. The molecule has 8 rings (SSSR count). The van der Waals surface area contributed by atoms with E-state index in [2.05, 4.69) is 108 Å². The van der Waals surface area contributed by atoms with Crippen molar-refractivity contribution in [2.45, 2.75) is 109 Å². The molecule has 222 valence electrons. The molecular weight excluding hydrogens is 530 g/mol. The second kappa shape index (κ2) is 10.2. The molecule has 0 aliphatic carbocycles. The number of hydrogen-bond donors (Lipinski definition) is 2. The molecule has 0 saturated heterocycles. The van der Waals surface area contributed by atoms with E-state index in [-0.39, 0.29) is 0 Å². The topological polar surface area (TPSA) is 24.1 Å². The molecule has 0 amide bonds. The van der Waals surface area contributed by atoms with E-state index in [1.807, 2.05) is 0 Å². The standard InChI is InChI=1S/2C20H23BN/c1-9-10(2)14(6)19-17(12(9)4)18-13(5)11(3)15-7-22-8-16(15)20(18)21-19;1-9-10(2)12(4)19-17(11(9)3)18-13(5)15-7-22-8-16(15)14(6)20(18)21-19/h2*22H,7-8H2,1-6H3. The Morgan fingerprint density at radius 2 is 0.614 bits per heavy atom. The highest BCUT2D eigenvalue weighted by Gasteiger charge is 2.33. The van der Waals surface area contributed by atoms with Crippen LogP contribution >= 0.6 is 0 Å². The van der Waals surface area contributed by atoms with Crippen molar-refractivity contribution in [3.05, 3.63) is 89.0 Å². The Balaban J connectivity index is 0.000000142. The third-order valence-electron chi connectivity index (χ3n) is 12.4. The van der Waals surface area contributed by atoms with Gasteiger partial charge in [-0.25, -0.2) is 0 Å². The van der Waals surface area contributed by atoms with Crippen LogP contribution in [0.15, 0.2) is 0 Å². The predicted octanol–water partition coefficient (Wildman–Crippen LogP) is 5.55. The first-order valence-corrected chi connectivity index (χ1v) is 16.5. The molecule has 4 heteroatoms. The zero-order chi connectivity index (χ0) is 31.5. The molecule has 0 aromatic heterocycles. The maximum Gasteiger partial charge on any atom is 0.193 e. The van der Waals surface area contributed by atoms with Gasteiger partial charge < -0.3 is 10.6 Å². The predicted molar refractivity (Wildman–Crippen MR) is 192 cm³/mol. The van der Waals surface area contributed by atoms with Gasteiger partial charge in [0.2, 0.25) is 0 Å². The largest absolute Gasteiger partial charge is 0.309 e. The Morgan fingerprint density at radius 3 is 1.14 bits per heavy atom. The molecular formula is C40H46B2N2. The maximum absolute atomic E-state index is 3.54. The maximum atomic E-state index is 3.54. The molecule has 44 heavy (non-hydrogen) atoms. The summed E-state index contributed by atoms with van der Waals surface area (Å²) in [4.78, 5) is 0. The van der Waals surface area contributed by atoms with Crippen LogP contribution in [0.5, 0.6) is 0 Å². The Kier molecular flexibility index (Phi) is 6.89. The van der Waals surface area contributed by atoms with Gasteiger partial charge in [-0.1, -0.05) is 38.5 Å². The van der Waals surface area contributed by atoms with E-state index in [4.69, 9.17) is 0 Å². The van der Waals surface area contributed by atoms with Crippen LogP contribution in [0.25, 0.3) is 22.3 Å². The van der Waals surface area contributed by atoms with Crippen molar-refractivity contribution in [3.63, 3.8) is 0 Å². The van der Waals surface area contributed by atoms with Gasteiger partial charge in [-0.2, -0.15) is 0 Å². The monoisotopic (exact) mass is 576 g/mol. The van der Waals surface area contributed by atoms with Crippen molar-refractivity contribution in [2.75, 3.05) is 0 Å². The fourth-order valence-electron chi connectivity index (χ4n) is 8.82. The lowest BCUT2D eigenvalue weighted by atomic mass is 9.63. The lowest BCUT2D eigenvalue weighted by Gasteiger charge is -2.19. The van der Waals surface area contributed by atoms with Crippen molar-refractivity contribution in [1.29, 1.82) is 0 Å². The van der Waals surface area contributed by atoms with Crippen LogP contribution < -0.4 is 32.5 Å². The number of benzene rings is 4. The average Bonchev–Trinajstić information content (AvgIpc) is 3.82. The van der Waals surface area contributed by atoms with Crippen LogP contribution in [0.3, 0.4) is 0 Å². The van der Waals surface area contributed by atoms with Gasteiger partial charge in [-0.05, 0) is 178 Å². The molecule has 0 bridgehead atoms. The molecule has 0 spiro atoms. The second-order valence-electron chi connectivity index (χ2n) is 14.1. The molecule has 0 unspecified atom stereocenters. The summed E-state index contributed by atoms with van der Waals surface area (Å²) in [5.41, 5.74) is 35.5. The lowest BCUT2D eigenvalue weighted by Crippen LogP contribution is -2.28. The minimum Gasteiger partial charge on any atom is -0.309 e. The summed E-state index contributed by atoms with van der Waals surface area (Å²) in [5, 5.41) is 7.07. The van der Waals surface area contributed by atoms with Gasteiger partial charge in [0.15, 0.2) is 14.6 Å². The normalized spacial score (nSPS) is 14.6. The zero-order valence-corrected chi connectivity index (χ0v) is 29.0. The molecule has 0 atom stereocenters. The Morgan fingerprint density at radius 1 is 0.295 bits per heavy atom. The first-order chi connectivity index (χ1) is 20.9. The number of hydrogen-bond acceptors (Lipinski definition) is 2. The van der Waals surface area contributed by atoms with Gasteiger partial charge in [0.1, 0.15) is 0 Å². The van der Waals surface area contributed by atoms with E-state index in [9.17, 15) is 0 Å². The lowest BCUT2D eigenvalue weighted by molar-refractivity contribution is 0.762. The Hall–Kier alpha value is -3.07. The minimum atomic E-state index is 1.01. The van der Waals surface area contributed by atoms with Crippen molar-refractivity contribution < 1.29 is 0 Å². The van der Waals surface area contributed by atoms with Crippen LogP contribution in [0, 0.1) is 83.1 Å². The van der Waals surface area contributed by atoms with Crippen molar-refractivity contribution in [3.8, 4) is 22.3 Å². The van der Waals surface area contributed by atoms with Crippen LogP contribution in [0.2, 0.25) is 0 Å². The summed E-state index contributed by atoms with van der Waals surface area (Å²) in [6, 6.07) is 0. The van der Waals surface area contributed by atoms with Crippen LogP contribution in [-0.2, 0) is 26.2 Å². The first kappa shape index (κ1) is 29.6. The number of rotatable bonds is 0. The first-order valence-electron chi connectivity index (χ1n) is 16.5. The van der Waals surface area contributed by atoms with E-state index in [0.29, 0.717) is 0 Å². The third-order valence-corrected chi connectivity index (χ3v) is 12.4. The van der Waals surface area contributed by atoms with Gasteiger partial charge in [0.05, 0.1) is 0 Å². The van der Waals surface area contributed by atoms with E-state index >= 15 is 0 Å². The van der Waals surface area contributed by atoms with Crippen molar-refractivity contribution in [1.82, 2.24) is 10.6 Å². The second-order valence-corrected chi connectivity index (χ2v) is 14.1. The molecule has 0 saturated carbocycles. The smallest absolute Gasteiger partial charge is 0.193 e. The molecule has 4 aromatic carbocycles. The summed E-state index contributed by atoms with van der Waals surface area (Å²) in [5.74, 6) is 0. The molecule has 2 N–H and O–H groups in total. The third kappa shape index (κ3) is 3.83. The fraction of sp³-hybridized carbons (Fsp3) is 0.400. The fourth-order valence-corrected chi connectivity index (χ4v) is 8.82.